The summed E-state index contributed by atoms with van der Waals surface area (Å²) in [4.78, 5) is 40.8. The van der Waals surface area contributed by atoms with Gasteiger partial charge in [0.1, 0.15) is 12.1 Å². The third kappa shape index (κ3) is 5.35. The van der Waals surface area contributed by atoms with Crippen LogP contribution in [0.15, 0.2) is 66.9 Å². The minimum atomic E-state index is -1.28. The zero-order valence-electron chi connectivity index (χ0n) is 20.5. The van der Waals surface area contributed by atoms with E-state index < -0.39 is 30.0 Å². The molecule has 5 rings (SSSR count). The first-order valence-corrected chi connectivity index (χ1v) is 12.7. The molecular formula is C28H31N5O4. The van der Waals surface area contributed by atoms with Crippen LogP contribution < -0.4 is 10.6 Å². The summed E-state index contributed by atoms with van der Waals surface area (Å²) < 4.78 is 0. The van der Waals surface area contributed by atoms with Gasteiger partial charge in [0.15, 0.2) is 0 Å². The zero-order valence-corrected chi connectivity index (χ0v) is 20.5. The molecule has 1 saturated heterocycles. The molecular weight excluding hydrogens is 470 g/mol. The average molecular weight is 502 g/mol. The normalized spacial score (nSPS) is 19.8. The highest BCUT2D eigenvalue weighted by atomic mass is 16.4. The van der Waals surface area contributed by atoms with Gasteiger partial charge in [0.05, 0.1) is 6.20 Å². The second-order valence-corrected chi connectivity index (χ2v) is 9.74. The number of aromatic amines is 1. The molecule has 3 atom stereocenters. The number of nitrogens with zero attached hydrogens (tertiary/aromatic N) is 2. The summed E-state index contributed by atoms with van der Waals surface area (Å²) in [6.45, 7) is 0.404. The van der Waals surface area contributed by atoms with Gasteiger partial charge in [0.2, 0.25) is 11.8 Å². The van der Waals surface area contributed by atoms with E-state index in [1.54, 1.807) is 11.1 Å². The number of hydrogen-bond donors (Lipinski definition) is 4. The molecule has 37 heavy (non-hydrogen) atoms. The Morgan fingerprint density at radius 1 is 1.00 bits per heavy atom. The summed E-state index contributed by atoms with van der Waals surface area (Å²) >= 11 is 0. The van der Waals surface area contributed by atoms with Gasteiger partial charge in [-0.05, 0) is 48.8 Å². The number of fused-ring (bicyclic) bond motifs is 1. The highest BCUT2D eigenvalue weighted by Gasteiger charge is 2.42. The maximum atomic E-state index is 14.0. The van der Waals surface area contributed by atoms with Crippen LogP contribution in [-0.2, 0) is 22.4 Å². The van der Waals surface area contributed by atoms with Crippen molar-refractivity contribution < 1.29 is 19.5 Å². The standard InChI is InChI=1S/C28H31N5O4/c34-26(30-21-13-14-22-20(16-21)17-29-32-22)23-12-7-15-33(23)27(35)25(31-28(36)37)24(18-8-3-1-4-9-18)19-10-5-2-6-11-19/h1-6,8-11,17,21,23-25,31H,7,12-16H2,(H,29,32)(H,30,34)(H,36,37)/t21?,23-,25-/m0/s1. The Balaban J connectivity index is 1.39. The van der Waals surface area contributed by atoms with Crippen LogP contribution in [0.1, 0.15) is 47.6 Å². The molecule has 0 radical (unpaired) electrons. The van der Waals surface area contributed by atoms with Crippen molar-refractivity contribution in [2.45, 2.75) is 56.1 Å². The number of carboxylic acid groups (broad SMARTS) is 1. The number of H-pyrrole nitrogens is 1. The molecule has 0 bridgehead atoms. The maximum absolute atomic E-state index is 14.0. The van der Waals surface area contributed by atoms with E-state index >= 15 is 0 Å². The van der Waals surface area contributed by atoms with Gasteiger partial charge in [-0.25, -0.2) is 4.79 Å². The van der Waals surface area contributed by atoms with Crippen LogP contribution in [0.2, 0.25) is 0 Å². The second-order valence-electron chi connectivity index (χ2n) is 9.74. The van der Waals surface area contributed by atoms with Crippen molar-refractivity contribution in [3.63, 3.8) is 0 Å². The average Bonchev–Trinajstić information content (AvgIpc) is 3.59. The monoisotopic (exact) mass is 501 g/mol. The lowest BCUT2D eigenvalue weighted by Crippen LogP contribution is -2.56. The van der Waals surface area contributed by atoms with E-state index in [1.165, 1.54) is 0 Å². The van der Waals surface area contributed by atoms with Crippen LogP contribution in [0.25, 0.3) is 0 Å². The maximum Gasteiger partial charge on any atom is 0.405 e. The first-order valence-electron chi connectivity index (χ1n) is 12.7. The number of aromatic nitrogens is 2. The van der Waals surface area contributed by atoms with Crippen LogP contribution in [-0.4, -0.2) is 62.8 Å². The Kier molecular flexibility index (Phi) is 7.20. The Morgan fingerprint density at radius 3 is 2.32 bits per heavy atom. The molecule has 9 nitrogen and oxygen atoms in total. The number of hydrogen-bond acceptors (Lipinski definition) is 4. The zero-order chi connectivity index (χ0) is 25.8. The number of nitrogens with one attached hydrogen (secondary N) is 3. The summed E-state index contributed by atoms with van der Waals surface area (Å²) in [6.07, 6.45) is 4.06. The molecule has 3 aromatic rings. The van der Waals surface area contributed by atoms with Crippen LogP contribution in [0.5, 0.6) is 0 Å². The number of likely N-dealkylation sites (tertiary alicyclic amines) is 1. The van der Waals surface area contributed by atoms with Crippen molar-refractivity contribution in [2.75, 3.05) is 6.54 Å². The lowest BCUT2D eigenvalue weighted by Gasteiger charge is -2.33. The summed E-state index contributed by atoms with van der Waals surface area (Å²) in [5, 5.41) is 22.4. The lowest BCUT2D eigenvalue weighted by molar-refractivity contribution is -0.140. The molecule has 2 aromatic carbocycles. The van der Waals surface area contributed by atoms with Gasteiger partial charge in [-0.15, -0.1) is 0 Å². The Hall–Kier alpha value is -4.14. The molecule has 1 aliphatic carbocycles. The molecule has 2 heterocycles. The van der Waals surface area contributed by atoms with Gasteiger partial charge in [-0.2, -0.15) is 5.10 Å². The minimum absolute atomic E-state index is 0.0236. The van der Waals surface area contributed by atoms with Gasteiger partial charge < -0.3 is 20.6 Å². The molecule has 192 valence electrons. The molecule has 2 aliphatic rings. The third-order valence-corrected chi connectivity index (χ3v) is 7.40. The Morgan fingerprint density at radius 2 is 1.68 bits per heavy atom. The first-order chi connectivity index (χ1) is 18.0. The van der Waals surface area contributed by atoms with E-state index in [0.717, 1.165) is 35.2 Å². The highest BCUT2D eigenvalue weighted by molar-refractivity contribution is 5.92. The number of carbonyl (C=O) groups is 3. The topological polar surface area (TPSA) is 127 Å². The van der Waals surface area contributed by atoms with Crippen molar-refractivity contribution >= 4 is 17.9 Å². The largest absolute Gasteiger partial charge is 0.465 e. The van der Waals surface area contributed by atoms with E-state index in [0.29, 0.717) is 25.8 Å². The molecule has 0 saturated carbocycles. The first kappa shape index (κ1) is 24.5. The number of benzene rings is 2. The van der Waals surface area contributed by atoms with Crippen molar-refractivity contribution in [3.05, 3.63) is 89.2 Å². The van der Waals surface area contributed by atoms with Crippen molar-refractivity contribution in [2.24, 2.45) is 0 Å². The van der Waals surface area contributed by atoms with Crippen LogP contribution >= 0.6 is 0 Å². The van der Waals surface area contributed by atoms with E-state index in [1.807, 2.05) is 60.7 Å². The second kappa shape index (κ2) is 10.9. The van der Waals surface area contributed by atoms with E-state index in [2.05, 4.69) is 20.8 Å². The number of rotatable bonds is 7. The SMILES string of the molecule is O=C(O)N[C@H](C(=O)N1CCC[C@H]1C(=O)NC1CCc2[nH]ncc2C1)C(c1ccccc1)c1ccccc1. The van der Waals surface area contributed by atoms with Gasteiger partial charge in [0, 0.05) is 24.2 Å². The summed E-state index contributed by atoms with van der Waals surface area (Å²) in [5.41, 5.74) is 3.85. The predicted octanol–water partition coefficient (Wildman–Crippen LogP) is 2.84. The fourth-order valence-corrected chi connectivity index (χ4v) is 5.64. The molecule has 1 unspecified atom stereocenters. The van der Waals surface area contributed by atoms with E-state index in [-0.39, 0.29) is 11.9 Å². The molecule has 4 N–H and O–H groups in total. The fraction of sp³-hybridized carbons (Fsp3) is 0.357. The lowest BCUT2D eigenvalue weighted by atomic mass is 9.84. The van der Waals surface area contributed by atoms with Crippen molar-refractivity contribution in [3.8, 4) is 0 Å². The molecule has 1 aromatic heterocycles. The van der Waals surface area contributed by atoms with Gasteiger partial charge in [-0.3, -0.25) is 14.7 Å². The minimum Gasteiger partial charge on any atom is -0.465 e. The molecule has 0 spiro atoms. The third-order valence-electron chi connectivity index (χ3n) is 7.40. The smallest absolute Gasteiger partial charge is 0.405 e. The molecule has 1 fully saturated rings. The molecule has 3 amide bonds. The predicted molar refractivity (Wildman–Crippen MR) is 137 cm³/mol. The van der Waals surface area contributed by atoms with E-state index in [4.69, 9.17) is 0 Å². The number of aryl methyl sites for hydroxylation is 1. The van der Waals surface area contributed by atoms with Crippen LogP contribution in [0.4, 0.5) is 4.79 Å². The highest BCUT2D eigenvalue weighted by Crippen LogP contribution is 2.31. The van der Waals surface area contributed by atoms with Crippen LogP contribution in [0, 0.1) is 0 Å². The summed E-state index contributed by atoms with van der Waals surface area (Å²) in [6, 6.07) is 17.1. The quantitative estimate of drug-likeness (QED) is 0.396. The molecule has 1 aliphatic heterocycles. The summed E-state index contributed by atoms with van der Waals surface area (Å²) in [5.74, 6) is -1.13. The number of carbonyl (C=O) groups excluding carboxylic acids is 2. The van der Waals surface area contributed by atoms with Crippen molar-refractivity contribution in [1.29, 1.82) is 0 Å². The molecule has 9 heteroatoms. The van der Waals surface area contributed by atoms with Crippen molar-refractivity contribution in [1.82, 2.24) is 25.7 Å². The van der Waals surface area contributed by atoms with Gasteiger partial charge in [-0.1, -0.05) is 60.7 Å². The number of amides is 3. The fourth-order valence-electron chi connectivity index (χ4n) is 5.64. The van der Waals surface area contributed by atoms with E-state index in [9.17, 15) is 19.5 Å². The Labute approximate surface area is 215 Å². The summed E-state index contributed by atoms with van der Waals surface area (Å²) in [7, 11) is 0. The van der Waals surface area contributed by atoms with Gasteiger partial charge in [0.25, 0.3) is 0 Å². The van der Waals surface area contributed by atoms with Crippen LogP contribution in [0.3, 0.4) is 0 Å². The van der Waals surface area contributed by atoms with Gasteiger partial charge >= 0.3 is 6.09 Å². The Bertz CT molecular complexity index is 1210.